The van der Waals surface area contributed by atoms with Crippen molar-refractivity contribution < 1.29 is 22.0 Å². The minimum absolute atomic E-state index is 0.106. The average molecular weight is 267 g/mol. The molecule has 0 bridgehead atoms. The monoisotopic (exact) mass is 267 g/mol. The van der Waals surface area contributed by atoms with Crippen molar-refractivity contribution in [2.75, 3.05) is 7.05 Å². The Morgan fingerprint density at radius 3 is 2.17 bits per heavy atom. The number of hydrogen-bond donors (Lipinski definition) is 1. The van der Waals surface area contributed by atoms with Gasteiger partial charge in [0.1, 0.15) is 11.6 Å². The molecule has 0 saturated heterocycles. The lowest BCUT2D eigenvalue weighted by molar-refractivity contribution is -0.136. The number of hydrogen-bond acceptors (Lipinski definition) is 1. The first kappa shape index (κ1) is 14.9. The Balaban J connectivity index is 2.68. The molecule has 1 aromatic carbocycles. The van der Waals surface area contributed by atoms with Gasteiger partial charge in [0.25, 0.3) is 0 Å². The van der Waals surface area contributed by atoms with Gasteiger partial charge in [-0.25, -0.2) is 8.78 Å². The fraction of sp³-hybridized carbons (Fsp3) is 0.500. The molecule has 1 N–H and O–H groups in total. The summed E-state index contributed by atoms with van der Waals surface area (Å²) in [5.41, 5.74) is -0.181. The SMILES string of the molecule is CNC(CCC(F)(F)F)Cc1c(F)cccc1F. The van der Waals surface area contributed by atoms with Crippen molar-refractivity contribution in [2.45, 2.75) is 31.5 Å². The zero-order valence-corrected chi connectivity index (χ0v) is 9.82. The molecule has 0 radical (unpaired) electrons. The van der Waals surface area contributed by atoms with Gasteiger partial charge in [0.05, 0.1) is 0 Å². The lowest BCUT2D eigenvalue weighted by Crippen LogP contribution is -2.30. The van der Waals surface area contributed by atoms with Crippen LogP contribution in [0.4, 0.5) is 22.0 Å². The van der Waals surface area contributed by atoms with Gasteiger partial charge in [-0.2, -0.15) is 13.2 Å². The van der Waals surface area contributed by atoms with E-state index in [1.54, 1.807) is 0 Å². The number of rotatable bonds is 5. The number of benzene rings is 1. The summed E-state index contributed by atoms with van der Waals surface area (Å²) in [6.07, 6.45) is -5.56. The van der Waals surface area contributed by atoms with Crippen molar-refractivity contribution in [1.82, 2.24) is 5.32 Å². The Bertz CT molecular complexity index is 368. The molecule has 0 aromatic heterocycles. The summed E-state index contributed by atoms with van der Waals surface area (Å²) in [6, 6.07) is 2.79. The van der Waals surface area contributed by atoms with E-state index in [1.165, 1.54) is 13.1 Å². The molecular formula is C12H14F5N. The van der Waals surface area contributed by atoms with Crippen LogP contribution >= 0.6 is 0 Å². The molecule has 0 heterocycles. The molecule has 1 rings (SSSR count). The van der Waals surface area contributed by atoms with Gasteiger partial charge in [-0.15, -0.1) is 0 Å². The van der Waals surface area contributed by atoms with E-state index in [9.17, 15) is 22.0 Å². The van der Waals surface area contributed by atoms with E-state index in [1.807, 2.05) is 0 Å². The maximum Gasteiger partial charge on any atom is 0.389 e. The molecule has 1 aromatic rings. The van der Waals surface area contributed by atoms with E-state index in [0.29, 0.717) is 0 Å². The summed E-state index contributed by atoms with van der Waals surface area (Å²) in [4.78, 5) is 0. The highest BCUT2D eigenvalue weighted by Gasteiger charge is 2.28. The van der Waals surface area contributed by atoms with E-state index in [2.05, 4.69) is 5.32 Å². The minimum Gasteiger partial charge on any atom is -0.317 e. The van der Waals surface area contributed by atoms with Crippen molar-refractivity contribution in [1.29, 1.82) is 0 Å². The molecule has 1 atom stereocenters. The first-order valence-electron chi connectivity index (χ1n) is 5.50. The molecule has 6 heteroatoms. The third-order valence-electron chi connectivity index (χ3n) is 2.70. The van der Waals surface area contributed by atoms with Crippen LogP contribution in [0.3, 0.4) is 0 Å². The number of likely N-dealkylation sites (N-methyl/N-ethyl adjacent to an activating group) is 1. The lowest BCUT2D eigenvalue weighted by atomic mass is 10.0. The van der Waals surface area contributed by atoms with E-state index < -0.39 is 30.3 Å². The van der Waals surface area contributed by atoms with Crippen LogP contribution in [0.5, 0.6) is 0 Å². The third kappa shape index (κ3) is 4.60. The summed E-state index contributed by atoms with van der Waals surface area (Å²) < 4.78 is 62.9. The Labute approximate surface area is 102 Å². The van der Waals surface area contributed by atoms with E-state index in [4.69, 9.17) is 0 Å². The molecule has 1 nitrogen and oxygen atoms in total. The zero-order chi connectivity index (χ0) is 13.8. The van der Waals surface area contributed by atoms with Gasteiger partial charge in [0.15, 0.2) is 0 Å². The second-order valence-electron chi connectivity index (χ2n) is 4.04. The van der Waals surface area contributed by atoms with Crippen LogP contribution < -0.4 is 5.32 Å². The smallest absolute Gasteiger partial charge is 0.317 e. The molecule has 0 amide bonds. The molecule has 0 aliphatic rings. The standard InChI is InChI=1S/C12H14F5N/c1-18-8(5-6-12(15,16)17)7-9-10(13)3-2-4-11(9)14/h2-4,8,18H,5-7H2,1H3. The first-order valence-corrected chi connectivity index (χ1v) is 5.50. The summed E-state index contributed by atoms with van der Waals surface area (Å²) >= 11 is 0. The number of alkyl halides is 3. The summed E-state index contributed by atoms with van der Waals surface area (Å²) in [5.74, 6) is -1.47. The Morgan fingerprint density at radius 1 is 1.17 bits per heavy atom. The lowest BCUT2D eigenvalue weighted by Gasteiger charge is -2.17. The topological polar surface area (TPSA) is 12.0 Å². The third-order valence-corrected chi connectivity index (χ3v) is 2.70. The fourth-order valence-corrected chi connectivity index (χ4v) is 1.66. The van der Waals surface area contributed by atoms with Gasteiger partial charge in [0, 0.05) is 18.0 Å². The molecule has 0 aliphatic heterocycles. The van der Waals surface area contributed by atoms with Crippen LogP contribution in [-0.4, -0.2) is 19.3 Å². The van der Waals surface area contributed by atoms with Gasteiger partial charge in [-0.05, 0) is 32.0 Å². The highest BCUT2D eigenvalue weighted by molar-refractivity contribution is 5.20. The van der Waals surface area contributed by atoms with Gasteiger partial charge >= 0.3 is 6.18 Å². The molecule has 0 saturated carbocycles. The van der Waals surface area contributed by atoms with Crippen LogP contribution in [0.15, 0.2) is 18.2 Å². The highest BCUT2D eigenvalue weighted by Crippen LogP contribution is 2.24. The quantitative estimate of drug-likeness (QED) is 0.806. The van der Waals surface area contributed by atoms with E-state index in [0.717, 1.165) is 12.1 Å². The molecule has 0 spiro atoms. The van der Waals surface area contributed by atoms with Crippen molar-refractivity contribution in [2.24, 2.45) is 0 Å². The van der Waals surface area contributed by atoms with Crippen LogP contribution in [0.1, 0.15) is 18.4 Å². The molecule has 18 heavy (non-hydrogen) atoms. The van der Waals surface area contributed by atoms with Gasteiger partial charge < -0.3 is 5.32 Å². The maximum atomic E-state index is 13.3. The second-order valence-corrected chi connectivity index (χ2v) is 4.04. The van der Waals surface area contributed by atoms with Crippen LogP contribution in [0.2, 0.25) is 0 Å². The van der Waals surface area contributed by atoms with Gasteiger partial charge in [-0.1, -0.05) is 6.07 Å². The Morgan fingerprint density at radius 2 is 1.72 bits per heavy atom. The van der Waals surface area contributed by atoms with Crippen LogP contribution in [-0.2, 0) is 6.42 Å². The minimum atomic E-state index is -4.26. The first-order chi connectivity index (χ1) is 8.33. The fourth-order valence-electron chi connectivity index (χ4n) is 1.66. The molecule has 0 aliphatic carbocycles. The Kier molecular flexibility index (Phi) is 5.07. The van der Waals surface area contributed by atoms with E-state index >= 15 is 0 Å². The normalized spacial score (nSPS) is 13.7. The van der Waals surface area contributed by atoms with Crippen molar-refractivity contribution >= 4 is 0 Å². The maximum absolute atomic E-state index is 13.3. The summed E-state index contributed by atoms with van der Waals surface area (Å²) in [6.45, 7) is 0. The highest BCUT2D eigenvalue weighted by atomic mass is 19.4. The average Bonchev–Trinajstić information content (AvgIpc) is 2.26. The van der Waals surface area contributed by atoms with Crippen LogP contribution in [0, 0.1) is 11.6 Å². The predicted molar refractivity (Wildman–Crippen MR) is 58.2 cm³/mol. The molecular weight excluding hydrogens is 253 g/mol. The van der Waals surface area contributed by atoms with E-state index in [-0.39, 0.29) is 18.4 Å². The summed E-state index contributed by atoms with van der Waals surface area (Å²) in [7, 11) is 1.47. The van der Waals surface area contributed by atoms with Gasteiger partial charge in [0.2, 0.25) is 0 Å². The van der Waals surface area contributed by atoms with Crippen molar-refractivity contribution in [3.05, 3.63) is 35.4 Å². The predicted octanol–water partition coefficient (Wildman–Crippen LogP) is 3.44. The number of nitrogens with one attached hydrogen (secondary N) is 1. The largest absolute Gasteiger partial charge is 0.389 e. The van der Waals surface area contributed by atoms with Gasteiger partial charge in [-0.3, -0.25) is 0 Å². The molecule has 102 valence electrons. The molecule has 0 fully saturated rings. The van der Waals surface area contributed by atoms with Crippen LogP contribution in [0.25, 0.3) is 0 Å². The van der Waals surface area contributed by atoms with Crippen molar-refractivity contribution in [3.8, 4) is 0 Å². The van der Waals surface area contributed by atoms with Crippen molar-refractivity contribution in [3.63, 3.8) is 0 Å². The summed E-state index contributed by atoms with van der Waals surface area (Å²) in [5, 5.41) is 2.64. The second kappa shape index (κ2) is 6.13. The molecule has 1 unspecified atom stereocenters. The number of halogens is 5. The zero-order valence-electron chi connectivity index (χ0n) is 9.82. The Hall–Kier alpha value is -1.17.